The van der Waals surface area contributed by atoms with Crippen LogP contribution in [-0.4, -0.2) is 26.2 Å². The third-order valence-electron chi connectivity index (χ3n) is 4.87. The molecule has 2 aromatic heterocycles. The Morgan fingerprint density at radius 1 is 1.00 bits per heavy atom. The van der Waals surface area contributed by atoms with Crippen molar-refractivity contribution in [3.05, 3.63) is 65.7 Å². The van der Waals surface area contributed by atoms with Gasteiger partial charge in [0.1, 0.15) is 6.10 Å². The molecule has 4 rings (SSSR count). The number of aromatic nitrogens is 3. The van der Waals surface area contributed by atoms with Crippen LogP contribution in [0.5, 0.6) is 0 Å². The Bertz CT molecular complexity index is 1150. The van der Waals surface area contributed by atoms with Gasteiger partial charge in [0.25, 0.3) is 5.89 Å². The molecule has 2 heterocycles. The molecule has 0 fully saturated rings. The molecule has 0 spiro atoms. The van der Waals surface area contributed by atoms with E-state index in [1.807, 2.05) is 44.2 Å². The summed E-state index contributed by atoms with van der Waals surface area (Å²) in [6, 6.07) is 16.6. The molecule has 0 radical (unpaired) electrons. The molecule has 1 atom stereocenters. The van der Waals surface area contributed by atoms with Crippen LogP contribution >= 0.6 is 0 Å². The molecular formula is C23H21N3O4. The summed E-state index contributed by atoms with van der Waals surface area (Å²) in [6.07, 6.45) is -0.0688. The number of benzene rings is 2. The zero-order valence-electron chi connectivity index (χ0n) is 16.7. The van der Waals surface area contributed by atoms with Crippen LogP contribution in [-0.2, 0) is 4.79 Å². The van der Waals surface area contributed by atoms with Crippen molar-refractivity contribution in [1.29, 1.82) is 0 Å². The molecule has 0 aliphatic heterocycles. The van der Waals surface area contributed by atoms with E-state index < -0.39 is 6.10 Å². The van der Waals surface area contributed by atoms with Gasteiger partial charge in [-0.15, -0.1) is 0 Å². The van der Waals surface area contributed by atoms with Crippen LogP contribution in [0.2, 0.25) is 0 Å². The van der Waals surface area contributed by atoms with E-state index in [0.717, 1.165) is 11.1 Å². The summed E-state index contributed by atoms with van der Waals surface area (Å²) >= 11 is 0. The summed E-state index contributed by atoms with van der Waals surface area (Å²) in [7, 11) is 0. The maximum absolute atomic E-state index is 11.9. The van der Waals surface area contributed by atoms with Gasteiger partial charge in [0.2, 0.25) is 5.82 Å². The van der Waals surface area contributed by atoms with Crippen LogP contribution in [0, 0.1) is 6.92 Å². The van der Waals surface area contributed by atoms with Gasteiger partial charge in [-0.25, -0.2) is 0 Å². The normalized spacial score (nSPS) is 12.1. The van der Waals surface area contributed by atoms with Crippen molar-refractivity contribution in [2.45, 2.75) is 32.8 Å². The maximum atomic E-state index is 11.9. The standard InChI is InChI=1S/C23H21N3O4/c1-3-7-18(27)20(28)15-10-12-17(13-11-15)22-24-23(30-26-22)19-14(2)21(29-25-19)16-8-5-4-6-9-16/h4-6,8-13,20,28H,3,7H2,1-2H3. The fourth-order valence-electron chi connectivity index (χ4n) is 3.21. The van der Waals surface area contributed by atoms with Gasteiger partial charge in [0, 0.05) is 23.1 Å². The van der Waals surface area contributed by atoms with Crippen molar-refractivity contribution in [2.75, 3.05) is 0 Å². The van der Waals surface area contributed by atoms with Crippen LogP contribution in [0.25, 0.3) is 34.3 Å². The van der Waals surface area contributed by atoms with E-state index in [1.165, 1.54) is 0 Å². The number of hydrogen-bond donors (Lipinski definition) is 1. The number of hydrogen-bond acceptors (Lipinski definition) is 7. The second-order valence-electron chi connectivity index (χ2n) is 7.02. The summed E-state index contributed by atoms with van der Waals surface area (Å²) in [5.41, 5.74) is 3.46. The number of carbonyl (C=O) groups excluding carboxylic acids is 1. The quantitative estimate of drug-likeness (QED) is 0.474. The lowest BCUT2D eigenvalue weighted by molar-refractivity contribution is -0.127. The van der Waals surface area contributed by atoms with Crippen molar-refractivity contribution in [1.82, 2.24) is 15.3 Å². The summed E-state index contributed by atoms with van der Waals surface area (Å²) in [4.78, 5) is 16.3. The van der Waals surface area contributed by atoms with E-state index >= 15 is 0 Å². The molecule has 4 aromatic rings. The highest BCUT2D eigenvalue weighted by molar-refractivity contribution is 5.84. The molecule has 2 aromatic carbocycles. The first-order valence-corrected chi connectivity index (χ1v) is 9.75. The predicted molar refractivity (Wildman–Crippen MR) is 110 cm³/mol. The SMILES string of the molecule is CCCC(=O)C(O)c1ccc(-c2noc(-c3noc(-c4ccccc4)c3C)n2)cc1. The number of ketones is 1. The van der Waals surface area contributed by atoms with E-state index in [0.29, 0.717) is 41.2 Å². The van der Waals surface area contributed by atoms with Crippen molar-refractivity contribution in [2.24, 2.45) is 0 Å². The van der Waals surface area contributed by atoms with Gasteiger partial charge in [-0.2, -0.15) is 4.98 Å². The number of aliphatic hydroxyl groups is 1. The average Bonchev–Trinajstić information content (AvgIpc) is 3.41. The van der Waals surface area contributed by atoms with E-state index in [-0.39, 0.29) is 11.7 Å². The van der Waals surface area contributed by atoms with Gasteiger partial charge in [0.15, 0.2) is 17.2 Å². The fourth-order valence-corrected chi connectivity index (χ4v) is 3.21. The van der Waals surface area contributed by atoms with Crippen molar-refractivity contribution < 1.29 is 18.9 Å². The van der Waals surface area contributed by atoms with E-state index in [2.05, 4.69) is 15.3 Å². The van der Waals surface area contributed by atoms with Crippen molar-refractivity contribution in [3.63, 3.8) is 0 Å². The molecule has 1 N–H and O–H groups in total. The zero-order chi connectivity index (χ0) is 21.1. The first-order chi connectivity index (χ1) is 14.6. The Balaban J connectivity index is 1.57. The van der Waals surface area contributed by atoms with Crippen LogP contribution in [0.15, 0.2) is 63.6 Å². The van der Waals surface area contributed by atoms with Gasteiger partial charge in [0.05, 0.1) is 0 Å². The highest BCUT2D eigenvalue weighted by Gasteiger charge is 2.21. The van der Waals surface area contributed by atoms with Gasteiger partial charge in [-0.1, -0.05) is 71.8 Å². The summed E-state index contributed by atoms with van der Waals surface area (Å²) in [5.74, 6) is 1.11. The summed E-state index contributed by atoms with van der Waals surface area (Å²) in [6.45, 7) is 3.79. The van der Waals surface area contributed by atoms with Crippen LogP contribution < -0.4 is 0 Å². The van der Waals surface area contributed by atoms with Gasteiger partial charge in [-0.3, -0.25) is 4.79 Å². The molecule has 0 saturated carbocycles. The second kappa shape index (κ2) is 8.42. The van der Waals surface area contributed by atoms with Crippen LogP contribution in [0.1, 0.15) is 37.0 Å². The predicted octanol–water partition coefficient (Wildman–Crippen LogP) is 4.77. The number of Topliss-reactive ketones (excluding diaryl/α,β-unsaturated/α-hetero) is 1. The lowest BCUT2D eigenvalue weighted by atomic mass is 10.0. The van der Waals surface area contributed by atoms with E-state index in [1.54, 1.807) is 24.3 Å². The Morgan fingerprint density at radius 3 is 2.43 bits per heavy atom. The minimum Gasteiger partial charge on any atom is -0.381 e. The lowest BCUT2D eigenvalue weighted by Crippen LogP contribution is -2.11. The molecule has 30 heavy (non-hydrogen) atoms. The maximum Gasteiger partial charge on any atom is 0.280 e. The highest BCUT2D eigenvalue weighted by atomic mass is 16.5. The Labute approximate surface area is 173 Å². The van der Waals surface area contributed by atoms with Gasteiger partial charge < -0.3 is 14.2 Å². The molecule has 152 valence electrons. The largest absolute Gasteiger partial charge is 0.381 e. The molecule has 0 bridgehead atoms. The minimum absolute atomic E-state index is 0.192. The minimum atomic E-state index is -1.12. The van der Waals surface area contributed by atoms with Crippen molar-refractivity contribution in [3.8, 4) is 34.3 Å². The fraction of sp³-hybridized carbons (Fsp3) is 0.217. The number of carbonyl (C=O) groups is 1. The Morgan fingerprint density at radius 2 is 1.73 bits per heavy atom. The number of nitrogens with zero attached hydrogens (tertiary/aromatic N) is 3. The van der Waals surface area contributed by atoms with E-state index in [9.17, 15) is 9.90 Å². The van der Waals surface area contributed by atoms with Crippen molar-refractivity contribution >= 4 is 5.78 Å². The molecule has 0 amide bonds. The summed E-state index contributed by atoms with van der Waals surface area (Å²) < 4.78 is 10.9. The monoisotopic (exact) mass is 403 g/mol. The second-order valence-corrected chi connectivity index (χ2v) is 7.02. The summed E-state index contributed by atoms with van der Waals surface area (Å²) in [5, 5.41) is 18.3. The third-order valence-corrected chi connectivity index (χ3v) is 4.87. The Kier molecular flexibility index (Phi) is 5.54. The smallest absolute Gasteiger partial charge is 0.280 e. The average molecular weight is 403 g/mol. The molecule has 0 saturated heterocycles. The van der Waals surface area contributed by atoms with Gasteiger partial charge >= 0.3 is 0 Å². The number of aliphatic hydroxyl groups excluding tert-OH is 1. The zero-order valence-corrected chi connectivity index (χ0v) is 16.7. The van der Waals surface area contributed by atoms with Crippen LogP contribution in [0.4, 0.5) is 0 Å². The van der Waals surface area contributed by atoms with E-state index in [4.69, 9.17) is 9.05 Å². The third kappa shape index (κ3) is 3.79. The molecule has 0 aliphatic rings. The first-order valence-electron chi connectivity index (χ1n) is 9.75. The van der Waals surface area contributed by atoms with Crippen LogP contribution in [0.3, 0.4) is 0 Å². The molecule has 0 aliphatic carbocycles. The molecule has 7 heteroatoms. The topological polar surface area (TPSA) is 102 Å². The molecule has 7 nitrogen and oxygen atoms in total. The lowest BCUT2D eigenvalue weighted by Gasteiger charge is -2.09. The Hall–Kier alpha value is -3.58. The highest BCUT2D eigenvalue weighted by Crippen LogP contribution is 2.31. The van der Waals surface area contributed by atoms with Gasteiger partial charge in [-0.05, 0) is 18.9 Å². The first kappa shape index (κ1) is 19.7. The molecular weight excluding hydrogens is 382 g/mol. The number of rotatable bonds is 7. The molecule has 1 unspecified atom stereocenters.